The standard InChI is InChI=1S/C21H17ClN6OS/c1-14-25-27-21(28(14)17-8-3-2-4-9-17)30-13-19(29)26-23-12-16-11-15-7-5-6-10-18(15)24-20(16)22/h2-12H,13H2,1H3,(H,26,29)/b23-12+. The number of hydrogen-bond acceptors (Lipinski definition) is 6. The van der Waals surface area contributed by atoms with Crippen molar-refractivity contribution in [3.05, 3.63) is 77.2 Å². The van der Waals surface area contributed by atoms with Gasteiger partial charge in [-0.2, -0.15) is 5.10 Å². The molecule has 0 aliphatic rings. The van der Waals surface area contributed by atoms with E-state index in [4.69, 9.17) is 11.6 Å². The van der Waals surface area contributed by atoms with Crippen LogP contribution in [0.4, 0.5) is 0 Å². The Hall–Kier alpha value is -3.23. The molecule has 0 saturated heterocycles. The van der Waals surface area contributed by atoms with Crippen molar-refractivity contribution in [2.45, 2.75) is 12.1 Å². The van der Waals surface area contributed by atoms with Gasteiger partial charge in [0.15, 0.2) is 5.16 Å². The average molecular weight is 437 g/mol. The SMILES string of the molecule is Cc1nnc(SCC(=O)N/N=C/c2cc3ccccc3nc2Cl)n1-c1ccccc1. The molecule has 0 unspecified atom stereocenters. The summed E-state index contributed by atoms with van der Waals surface area (Å²) < 4.78 is 1.90. The number of benzene rings is 2. The molecule has 0 aliphatic heterocycles. The van der Waals surface area contributed by atoms with Gasteiger partial charge in [0, 0.05) is 16.6 Å². The van der Waals surface area contributed by atoms with Gasteiger partial charge in [0.05, 0.1) is 17.5 Å². The first-order chi connectivity index (χ1) is 14.6. The summed E-state index contributed by atoms with van der Waals surface area (Å²) in [5.74, 6) is 0.633. The topological polar surface area (TPSA) is 85.1 Å². The van der Waals surface area contributed by atoms with Crippen molar-refractivity contribution in [3.63, 3.8) is 0 Å². The molecule has 0 radical (unpaired) electrons. The number of nitrogens with one attached hydrogen (secondary N) is 1. The summed E-state index contributed by atoms with van der Waals surface area (Å²) in [4.78, 5) is 16.5. The molecule has 7 nitrogen and oxygen atoms in total. The molecule has 4 aromatic rings. The number of halogens is 1. The number of aromatic nitrogens is 4. The van der Waals surface area contributed by atoms with E-state index < -0.39 is 0 Å². The molecule has 1 amide bonds. The highest BCUT2D eigenvalue weighted by molar-refractivity contribution is 7.99. The second-order valence-electron chi connectivity index (χ2n) is 6.34. The molecule has 150 valence electrons. The summed E-state index contributed by atoms with van der Waals surface area (Å²) in [6.45, 7) is 1.87. The summed E-state index contributed by atoms with van der Waals surface area (Å²) in [6.07, 6.45) is 1.49. The van der Waals surface area contributed by atoms with Gasteiger partial charge < -0.3 is 0 Å². The minimum Gasteiger partial charge on any atom is -0.274 e. The average Bonchev–Trinajstić information content (AvgIpc) is 3.13. The number of thioether (sulfide) groups is 1. The van der Waals surface area contributed by atoms with Gasteiger partial charge in [0.1, 0.15) is 11.0 Å². The normalized spacial score (nSPS) is 11.3. The van der Waals surface area contributed by atoms with Crippen molar-refractivity contribution in [3.8, 4) is 5.69 Å². The number of hydrogen-bond donors (Lipinski definition) is 1. The molecule has 0 aliphatic carbocycles. The molecule has 2 aromatic carbocycles. The Labute approximate surface area is 182 Å². The third-order valence-corrected chi connectivity index (χ3v) is 5.47. The predicted molar refractivity (Wildman–Crippen MR) is 119 cm³/mol. The van der Waals surface area contributed by atoms with E-state index in [9.17, 15) is 4.79 Å². The number of nitrogens with zero attached hydrogens (tertiary/aromatic N) is 5. The summed E-state index contributed by atoms with van der Waals surface area (Å²) in [5, 5.41) is 14.2. The zero-order valence-electron chi connectivity index (χ0n) is 16.0. The molecule has 0 saturated carbocycles. The van der Waals surface area contributed by atoms with Crippen LogP contribution in [-0.2, 0) is 4.79 Å². The lowest BCUT2D eigenvalue weighted by atomic mass is 10.2. The van der Waals surface area contributed by atoms with Gasteiger partial charge >= 0.3 is 0 Å². The lowest BCUT2D eigenvalue weighted by Gasteiger charge is -2.07. The van der Waals surface area contributed by atoms with Gasteiger partial charge in [-0.25, -0.2) is 10.4 Å². The largest absolute Gasteiger partial charge is 0.274 e. The van der Waals surface area contributed by atoms with Crippen LogP contribution in [0.2, 0.25) is 5.15 Å². The maximum atomic E-state index is 12.2. The summed E-state index contributed by atoms with van der Waals surface area (Å²) in [6, 6.07) is 19.3. The molecule has 0 spiro atoms. The minimum absolute atomic E-state index is 0.145. The minimum atomic E-state index is -0.263. The van der Waals surface area contributed by atoms with Gasteiger partial charge in [0.2, 0.25) is 0 Å². The fourth-order valence-electron chi connectivity index (χ4n) is 2.85. The molecule has 4 rings (SSSR count). The number of para-hydroxylation sites is 2. The number of rotatable bonds is 6. The van der Waals surface area contributed by atoms with Crippen LogP contribution in [0.1, 0.15) is 11.4 Å². The van der Waals surface area contributed by atoms with Crippen molar-refractivity contribution in [1.29, 1.82) is 0 Å². The second-order valence-corrected chi connectivity index (χ2v) is 7.64. The van der Waals surface area contributed by atoms with Crippen LogP contribution < -0.4 is 5.43 Å². The van der Waals surface area contributed by atoms with Crippen LogP contribution in [0.3, 0.4) is 0 Å². The van der Waals surface area contributed by atoms with Gasteiger partial charge in [-0.1, -0.05) is 59.8 Å². The number of pyridine rings is 1. The first-order valence-electron chi connectivity index (χ1n) is 9.09. The number of carbonyl (C=O) groups is 1. The Balaban J connectivity index is 1.39. The Morgan fingerprint density at radius 3 is 2.77 bits per heavy atom. The Morgan fingerprint density at radius 2 is 1.93 bits per heavy atom. The van der Waals surface area contributed by atoms with Crippen molar-refractivity contribution < 1.29 is 4.79 Å². The third kappa shape index (κ3) is 4.50. The van der Waals surface area contributed by atoms with E-state index in [1.807, 2.05) is 72.2 Å². The fraction of sp³-hybridized carbons (Fsp3) is 0.0952. The second kappa shape index (κ2) is 9.06. The Bertz CT molecular complexity index is 1220. The molecule has 0 bridgehead atoms. The zero-order valence-corrected chi connectivity index (χ0v) is 17.6. The van der Waals surface area contributed by atoms with Crippen molar-refractivity contribution >= 4 is 46.4 Å². The number of aryl methyl sites for hydroxylation is 1. The van der Waals surface area contributed by atoms with Crippen LogP contribution in [-0.4, -0.2) is 37.6 Å². The Morgan fingerprint density at radius 1 is 1.17 bits per heavy atom. The number of amides is 1. The molecule has 2 aromatic heterocycles. The molecule has 2 heterocycles. The molecule has 9 heteroatoms. The molecular weight excluding hydrogens is 420 g/mol. The van der Waals surface area contributed by atoms with Gasteiger partial charge in [-0.05, 0) is 31.2 Å². The van der Waals surface area contributed by atoms with E-state index in [0.29, 0.717) is 15.9 Å². The van der Waals surface area contributed by atoms with Crippen LogP contribution in [0.5, 0.6) is 0 Å². The Kier molecular flexibility index (Phi) is 6.06. The monoisotopic (exact) mass is 436 g/mol. The quantitative estimate of drug-likeness (QED) is 0.213. The van der Waals surface area contributed by atoms with Gasteiger partial charge in [-0.15, -0.1) is 10.2 Å². The zero-order chi connectivity index (χ0) is 20.9. The highest BCUT2D eigenvalue weighted by Gasteiger charge is 2.13. The highest BCUT2D eigenvalue weighted by atomic mass is 35.5. The van der Waals surface area contributed by atoms with Gasteiger partial charge in [0.25, 0.3) is 5.91 Å². The molecule has 0 atom stereocenters. The lowest BCUT2D eigenvalue weighted by Crippen LogP contribution is -2.20. The van der Waals surface area contributed by atoms with E-state index in [0.717, 1.165) is 22.4 Å². The van der Waals surface area contributed by atoms with Crippen LogP contribution in [0.15, 0.2) is 70.9 Å². The van der Waals surface area contributed by atoms with E-state index in [2.05, 4.69) is 25.7 Å². The lowest BCUT2D eigenvalue weighted by molar-refractivity contribution is -0.118. The molecular formula is C21H17ClN6OS. The van der Waals surface area contributed by atoms with Crippen molar-refractivity contribution in [2.24, 2.45) is 5.10 Å². The summed E-state index contributed by atoms with van der Waals surface area (Å²) in [7, 11) is 0. The first-order valence-corrected chi connectivity index (χ1v) is 10.5. The molecule has 1 N–H and O–H groups in total. The van der Waals surface area contributed by atoms with Crippen LogP contribution in [0, 0.1) is 6.92 Å². The summed E-state index contributed by atoms with van der Waals surface area (Å²) >= 11 is 7.49. The summed E-state index contributed by atoms with van der Waals surface area (Å²) in [5.41, 5.74) is 4.88. The van der Waals surface area contributed by atoms with Crippen molar-refractivity contribution in [1.82, 2.24) is 25.2 Å². The maximum absolute atomic E-state index is 12.2. The maximum Gasteiger partial charge on any atom is 0.250 e. The smallest absolute Gasteiger partial charge is 0.250 e. The predicted octanol–water partition coefficient (Wildman–Crippen LogP) is 4.02. The molecule has 0 fully saturated rings. The molecule has 30 heavy (non-hydrogen) atoms. The van der Waals surface area contributed by atoms with Crippen molar-refractivity contribution in [2.75, 3.05) is 5.75 Å². The van der Waals surface area contributed by atoms with Gasteiger partial charge in [-0.3, -0.25) is 9.36 Å². The number of fused-ring (bicyclic) bond motifs is 1. The fourth-order valence-corrected chi connectivity index (χ4v) is 3.83. The third-order valence-electron chi connectivity index (χ3n) is 4.24. The van der Waals surface area contributed by atoms with E-state index in [-0.39, 0.29) is 11.7 Å². The number of carbonyl (C=O) groups excluding carboxylic acids is 1. The highest BCUT2D eigenvalue weighted by Crippen LogP contribution is 2.21. The van der Waals surface area contributed by atoms with E-state index in [1.54, 1.807) is 0 Å². The first kappa shape index (κ1) is 20.1. The van der Waals surface area contributed by atoms with Crippen LogP contribution in [0.25, 0.3) is 16.6 Å². The van der Waals surface area contributed by atoms with E-state index in [1.165, 1.54) is 18.0 Å². The van der Waals surface area contributed by atoms with E-state index >= 15 is 0 Å². The van der Waals surface area contributed by atoms with Crippen LogP contribution >= 0.6 is 23.4 Å². The number of hydrazone groups is 1.